The van der Waals surface area contributed by atoms with E-state index in [2.05, 4.69) is 5.32 Å². The number of ether oxygens (including phenoxy) is 2. The molecule has 0 radical (unpaired) electrons. The third-order valence-corrected chi connectivity index (χ3v) is 4.43. The van der Waals surface area contributed by atoms with Crippen molar-refractivity contribution in [2.75, 3.05) is 19.5 Å². The van der Waals surface area contributed by atoms with Gasteiger partial charge in [0.1, 0.15) is 0 Å². The summed E-state index contributed by atoms with van der Waals surface area (Å²) >= 11 is 5.89. The number of methoxy groups -OCH3 is 2. The highest BCUT2D eigenvalue weighted by Gasteiger charge is 2.12. The largest absolute Gasteiger partial charge is 0.493 e. The van der Waals surface area contributed by atoms with Crippen molar-refractivity contribution in [2.45, 2.75) is 6.42 Å². The zero-order chi connectivity index (χ0) is 19.2. The molecule has 0 aliphatic rings. The van der Waals surface area contributed by atoms with E-state index in [1.54, 1.807) is 26.4 Å². The number of rotatable bonds is 6. The molecule has 3 rings (SSSR count). The smallest absolute Gasteiger partial charge is 0.228 e. The standard InChI is InChI=1S/C22H20ClNO3/c1-26-20-12-9-16(14-21(20)27-2)18-5-3-4-6-19(18)24-22(25)13-15-7-10-17(23)11-8-15/h3-12,14H,13H2,1-2H3,(H,24,25). The van der Waals surface area contributed by atoms with Crippen LogP contribution in [0.5, 0.6) is 11.5 Å². The van der Waals surface area contributed by atoms with Gasteiger partial charge in [0, 0.05) is 16.3 Å². The molecule has 0 heterocycles. The lowest BCUT2D eigenvalue weighted by atomic mass is 10.0. The zero-order valence-electron chi connectivity index (χ0n) is 15.2. The Morgan fingerprint density at radius 1 is 0.926 bits per heavy atom. The maximum Gasteiger partial charge on any atom is 0.228 e. The second kappa shape index (κ2) is 8.60. The van der Waals surface area contributed by atoms with Crippen molar-refractivity contribution in [1.82, 2.24) is 0 Å². The van der Waals surface area contributed by atoms with Crippen LogP contribution in [0.2, 0.25) is 5.02 Å². The fraction of sp³-hybridized carbons (Fsp3) is 0.136. The second-order valence-electron chi connectivity index (χ2n) is 5.97. The van der Waals surface area contributed by atoms with Crippen LogP contribution in [0.4, 0.5) is 5.69 Å². The number of amides is 1. The topological polar surface area (TPSA) is 47.6 Å². The van der Waals surface area contributed by atoms with Crippen molar-refractivity contribution in [3.05, 3.63) is 77.3 Å². The van der Waals surface area contributed by atoms with Crippen LogP contribution in [0.15, 0.2) is 66.7 Å². The van der Waals surface area contributed by atoms with Crippen molar-refractivity contribution in [2.24, 2.45) is 0 Å². The van der Waals surface area contributed by atoms with Gasteiger partial charge in [-0.15, -0.1) is 0 Å². The van der Waals surface area contributed by atoms with Gasteiger partial charge in [0.25, 0.3) is 0 Å². The molecule has 0 spiro atoms. The van der Waals surface area contributed by atoms with Gasteiger partial charge in [-0.2, -0.15) is 0 Å². The van der Waals surface area contributed by atoms with Gasteiger partial charge in [0.2, 0.25) is 5.91 Å². The minimum Gasteiger partial charge on any atom is -0.493 e. The van der Waals surface area contributed by atoms with Crippen LogP contribution < -0.4 is 14.8 Å². The monoisotopic (exact) mass is 381 g/mol. The quantitative estimate of drug-likeness (QED) is 0.638. The first-order chi connectivity index (χ1) is 13.1. The summed E-state index contributed by atoms with van der Waals surface area (Å²) in [7, 11) is 3.20. The molecular formula is C22H20ClNO3. The summed E-state index contributed by atoms with van der Waals surface area (Å²) in [4.78, 5) is 12.5. The van der Waals surface area contributed by atoms with Gasteiger partial charge < -0.3 is 14.8 Å². The molecule has 0 saturated carbocycles. The van der Waals surface area contributed by atoms with Crippen LogP contribution in [0.25, 0.3) is 11.1 Å². The normalized spacial score (nSPS) is 10.3. The van der Waals surface area contributed by atoms with Gasteiger partial charge in [-0.1, -0.05) is 48.0 Å². The molecule has 0 fully saturated rings. The number of anilines is 1. The molecule has 0 unspecified atom stereocenters. The van der Waals surface area contributed by atoms with Crippen molar-refractivity contribution in [1.29, 1.82) is 0 Å². The van der Waals surface area contributed by atoms with Crippen LogP contribution in [0, 0.1) is 0 Å². The minimum absolute atomic E-state index is 0.0924. The predicted molar refractivity (Wildman–Crippen MR) is 109 cm³/mol. The molecule has 4 nitrogen and oxygen atoms in total. The van der Waals surface area contributed by atoms with E-state index < -0.39 is 0 Å². The van der Waals surface area contributed by atoms with Gasteiger partial charge in [-0.25, -0.2) is 0 Å². The number of hydrogen-bond acceptors (Lipinski definition) is 3. The molecular weight excluding hydrogens is 362 g/mol. The van der Waals surface area contributed by atoms with E-state index in [1.165, 1.54) is 0 Å². The SMILES string of the molecule is COc1ccc(-c2ccccc2NC(=O)Cc2ccc(Cl)cc2)cc1OC. The summed E-state index contributed by atoms with van der Waals surface area (Å²) in [6, 6.07) is 20.6. The van der Waals surface area contributed by atoms with Crippen LogP contribution in [-0.4, -0.2) is 20.1 Å². The Hall–Kier alpha value is -2.98. The Balaban J connectivity index is 1.83. The van der Waals surface area contributed by atoms with Crippen LogP contribution in [0.3, 0.4) is 0 Å². The average molecular weight is 382 g/mol. The van der Waals surface area contributed by atoms with E-state index in [4.69, 9.17) is 21.1 Å². The van der Waals surface area contributed by atoms with E-state index in [0.717, 1.165) is 22.4 Å². The molecule has 5 heteroatoms. The minimum atomic E-state index is -0.0924. The lowest BCUT2D eigenvalue weighted by molar-refractivity contribution is -0.115. The number of carbonyl (C=O) groups excluding carboxylic acids is 1. The van der Waals surface area contributed by atoms with Gasteiger partial charge >= 0.3 is 0 Å². The van der Waals surface area contributed by atoms with Crippen LogP contribution in [0.1, 0.15) is 5.56 Å². The summed E-state index contributed by atoms with van der Waals surface area (Å²) < 4.78 is 10.7. The van der Waals surface area contributed by atoms with E-state index in [1.807, 2.05) is 54.6 Å². The fourth-order valence-electron chi connectivity index (χ4n) is 2.83. The molecule has 1 N–H and O–H groups in total. The van der Waals surface area contributed by atoms with Crippen molar-refractivity contribution < 1.29 is 14.3 Å². The summed E-state index contributed by atoms with van der Waals surface area (Å²) in [6.45, 7) is 0. The van der Waals surface area contributed by atoms with E-state index in [-0.39, 0.29) is 12.3 Å². The molecule has 0 aliphatic heterocycles. The highest BCUT2D eigenvalue weighted by atomic mass is 35.5. The molecule has 3 aromatic rings. The van der Waals surface area contributed by atoms with Gasteiger partial charge in [-0.3, -0.25) is 4.79 Å². The second-order valence-corrected chi connectivity index (χ2v) is 6.40. The van der Waals surface area contributed by atoms with E-state index in [9.17, 15) is 4.79 Å². The Kier molecular flexibility index (Phi) is 5.99. The summed E-state index contributed by atoms with van der Waals surface area (Å²) in [6.07, 6.45) is 0.275. The van der Waals surface area contributed by atoms with Crippen molar-refractivity contribution in [3.8, 4) is 22.6 Å². The fourth-order valence-corrected chi connectivity index (χ4v) is 2.96. The molecule has 3 aromatic carbocycles. The first kappa shape index (κ1) is 18.8. The van der Waals surface area contributed by atoms with Gasteiger partial charge in [0.15, 0.2) is 11.5 Å². The van der Waals surface area contributed by atoms with Crippen LogP contribution >= 0.6 is 11.6 Å². The molecule has 27 heavy (non-hydrogen) atoms. The van der Waals surface area contributed by atoms with E-state index in [0.29, 0.717) is 16.5 Å². The Bertz CT molecular complexity index is 939. The number of benzene rings is 3. The molecule has 1 amide bonds. The number of carbonyl (C=O) groups is 1. The number of nitrogens with one attached hydrogen (secondary N) is 1. The first-order valence-corrected chi connectivity index (χ1v) is 8.84. The highest BCUT2D eigenvalue weighted by molar-refractivity contribution is 6.30. The maximum atomic E-state index is 12.5. The summed E-state index contributed by atoms with van der Waals surface area (Å²) in [5.41, 5.74) is 3.47. The highest BCUT2D eigenvalue weighted by Crippen LogP contribution is 2.35. The molecule has 0 atom stereocenters. The Morgan fingerprint density at radius 2 is 1.63 bits per heavy atom. The third-order valence-electron chi connectivity index (χ3n) is 4.17. The lowest BCUT2D eigenvalue weighted by Gasteiger charge is -2.14. The number of hydrogen-bond donors (Lipinski definition) is 1. The predicted octanol–water partition coefficient (Wildman–Crippen LogP) is 5.21. The number of halogens is 1. The number of para-hydroxylation sites is 1. The first-order valence-electron chi connectivity index (χ1n) is 8.46. The van der Waals surface area contributed by atoms with E-state index >= 15 is 0 Å². The Morgan fingerprint density at radius 3 is 2.33 bits per heavy atom. The molecule has 0 bridgehead atoms. The lowest BCUT2D eigenvalue weighted by Crippen LogP contribution is -2.15. The molecule has 0 saturated heterocycles. The van der Waals surface area contributed by atoms with Crippen LogP contribution in [-0.2, 0) is 11.2 Å². The average Bonchev–Trinajstić information content (AvgIpc) is 2.69. The third kappa shape index (κ3) is 4.60. The molecule has 0 aromatic heterocycles. The molecule has 0 aliphatic carbocycles. The van der Waals surface area contributed by atoms with Gasteiger partial charge in [0.05, 0.1) is 20.6 Å². The zero-order valence-corrected chi connectivity index (χ0v) is 15.9. The summed E-state index contributed by atoms with van der Waals surface area (Å²) in [5, 5.41) is 3.65. The van der Waals surface area contributed by atoms with Crippen molar-refractivity contribution in [3.63, 3.8) is 0 Å². The maximum absolute atomic E-state index is 12.5. The van der Waals surface area contributed by atoms with Crippen molar-refractivity contribution >= 4 is 23.2 Å². The summed E-state index contributed by atoms with van der Waals surface area (Å²) in [5.74, 6) is 1.20. The molecule has 138 valence electrons. The Labute approximate surface area is 163 Å². The van der Waals surface area contributed by atoms with Gasteiger partial charge in [-0.05, 0) is 41.5 Å².